The van der Waals surface area contributed by atoms with Gasteiger partial charge in [-0.1, -0.05) is 18.2 Å². The number of oxazole rings is 1. The number of thiophene rings is 1. The highest BCUT2D eigenvalue weighted by Gasteiger charge is 2.31. The number of rotatable bonds is 5. The lowest BCUT2D eigenvalue weighted by molar-refractivity contribution is -0.129. The molecule has 0 spiro atoms. The number of fused-ring (bicyclic) bond motifs is 1. The standard InChI is InChI=1S/C20H18N4O2S2/c25-19-15(10-18-23-14-4-1-2-5-16(14)26-18)24(8-7-21-19)11-13-12-28-20(22-13)17-6-3-9-27-17/h1-6,9,12,15H,7-8,10-11H2,(H,21,25). The molecule has 6 nitrogen and oxygen atoms in total. The highest BCUT2D eigenvalue weighted by atomic mass is 32.1. The normalized spacial score (nSPS) is 17.9. The van der Waals surface area contributed by atoms with E-state index in [1.807, 2.05) is 30.3 Å². The minimum Gasteiger partial charge on any atom is -0.441 e. The maximum atomic E-state index is 12.6. The van der Waals surface area contributed by atoms with E-state index in [4.69, 9.17) is 9.40 Å². The molecule has 1 aromatic carbocycles. The van der Waals surface area contributed by atoms with Gasteiger partial charge in [0.05, 0.1) is 16.6 Å². The van der Waals surface area contributed by atoms with E-state index in [9.17, 15) is 4.79 Å². The molecule has 0 radical (unpaired) electrons. The van der Waals surface area contributed by atoms with Gasteiger partial charge in [0.25, 0.3) is 0 Å². The molecule has 0 bridgehead atoms. The summed E-state index contributed by atoms with van der Waals surface area (Å²) in [6.45, 7) is 2.06. The quantitative estimate of drug-likeness (QED) is 0.545. The van der Waals surface area contributed by atoms with Crippen LogP contribution in [0.3, 0.4) is 0 Å². The first kappa shape index (κ1) is 17.5. The largest absolute Gasteiger partial charge is 0.441 e. The summed E-state index contributed by atoms with van der Waals surface area (Å²) >= 11 is 3.34. The molecule has 28 heavy (non-hydrogen) atoms. The Kier molecular flexibility index (Phi) is 4.67. The number of amides is 1. The van der Waals surface area contributed by atoms with Crippen molar-refractivity contribution in [2.45, 2.75) is 19.0 Å². The van der Waals surface area contributed by atoms with E-state index in [1.165, 1.54) is 4.88 Å². The second-order valence-corrected chi connectivity index (χ2v) is 8.48. The average Bonchev–Trinajstić information content (AvgIpc) is 3.44. The summed E-state index contributed by atoms with van der Waals surface area (Å²) in [4.78, 5) is 25.2. The van der Waals surface area contributed by atoms with Crippen LogP contribution in [0.2, 0.25) is 0 Å². The van der Waals surface area contributed by atoms with Gasteiger partial charge >= 0.3 is 0 Å². The lowest BCUT2D eigenvalue weighted by Gasteiger charge is -2.33. The van der Waals surface area contributed by atoms with Crippen molar-refractivity contribution in [3.63, 3.8) is 0 Å². The maximum absolute atomic E-state index is 12.6. The van der Waals surface area contributed by atoms with E-state index in [-0.39, 0.29) is 11.9 Å². The number of para-hydroxylation sites is 2. The third kappa shape index (κ3) is 3.46. The summed E-state index contributed by atoms with van der Waals surface area (Å²) in [7, 11) is 0. The summed E-state index contributed by atoms with van der Waals surface area (Å²) in [6, 6.07) is 11.5. The number of nitrogens with zero attached hydrogens (tertiary/aromatic N) is 3. The number of aromatic nitrogens is 2. The van der Waals surface area contributed by atoms with Crippen molar-refractivity contribution in [1.82, 2.24) is 20.2 Å². The molecule has 0 saturated carbocycles. The van der Waals surface area contributed by atoms with E-state index in [0.29, 0.717) is 25.4 Å². The zero-order chi connectivity index (χ0) is 18.9. The van der Waals surface area contributed by atoms with Crippen molar-refractivity contribution >= 4 is 39.7 Å². The number of hydrogen-bond donors (Lipinski definition) is 1. The number of carbonyl (C=O) groups is 1. The Morgan fingerprint density at radius 2 is 2.11 bits per heavy atom. The fraction of sp³-hybridized carbons (Fsp3) is 0.250. The third-order valence-corrected chi connectivity index (χ3v) is 6.73. The minimum atomic E-state index is -0.311. The van der Waals surface area contributed by atoms with Gasteiger partial charge in [0.2, 0.25) is 5.91 Å². The molecule has 0 aliphatic carbocycles. The SMILES string of the molecule is O=C1NCCN(Cc2csc(-c3cccs3)n2)C1Cc1nc2ccccc2o1. The van der Waals surface area contributed by atoms with Crippen LogP contribution in [-0.4, -0.2) is 39.9 Å². The van der Waals surface area contributed by atoms with Crippen molar-refractivity contribution in [2.24, 2.45) is 0 Å². The van der Waals surface area contributed by atoms with Crippen molar-refractivity contribution in [1.29, 1.82) is 0 Å². The van der Waals surface area contributed by atoms with Crippen LogP contribution in [0.25, 0.3) is 21.0 Å². The van der Waals surface area contributed by atoms with Gasteiger partial charge in [-0.2, -0.15) is 0 Å². The topological polar surface area (TPSA) is 71.3 Å². The molecule has 5 rings (SSSR count). The summed E-state index contributed by atoms with van der Waals surface area (Å²) in [6.07, 6.45) is 0.447. The van der Waals surface area contributed by atoms with Gasteiger partial charge in [-0.05, 0) is 23.6 Å². The van der Waals surface area contributed by atoms with Crippen LogP contribution in [0.15, 0.2) is 51.6 Å². The summed E-state index contributed by atoms with van der Waals surface area (Å²) in [5.41, 5.74) is 2.56. The Morgan fingerprint density at radius 1 is 1.18 bits per heavy atom. The molecule has 1 unspecified atom stereocenters. The first-order chi connectivity index (χ1) is 13.8. The zero-order valence-electron chi connectivity index (χ0n) is 15.0. The zero-order valence-corrected chi connectivity index (χ0v) is 16.6. The highest BCUT2D eigenvalue weighted by Crippen LogP contribution is 2.28. The number of nitrogens with one attached hydrogen (secondary N) is 1. The molecule has 8 heteroatoms. The van der Waals surface area contributed by atoms with Crippen molar-refractivity contribution in [3.05, 3.63) is 58.7 Å². The Morgan fingerprint density at radius 3 is 2.96 bits per heavy atom. The van der Waals surface area contributed by atoms with E-state index < -0.39 is 0 Å². The molecule has 1 N–H and O–H groups in total. The predicted octanol–water partition coefficient (Wildman–Crippen LogP) is 3.56. The fourth-order valence-electron chi connectivity index (χ4n) is 3.45. The number of hydrogen-bond acceptors (Lipinski definition) is 7. The summed E-state index contributed by atoms with van der Waals surface area (Å²) in [5, 5.41) is 8.13. The Labute approximate surface area is 169 Å². The van der Waals surface area contributed by atoms with Crippen LogP contribution >= 0.6 is 22.7 Å². The van der Waals surface area contributed by atoms with Gasteiger partial charge in [0.1, 0.15) is 10.5 Å². The Balaban J connectivity index is 1.35. The second-order valence-electron chi connectivity index (χ2n) is 6.68. The van der Waals surface area contributed by atoms with Crippen molar-refractivity contribution < 1.29 is 9.21 Å². The van der Waals surface area contributed by atoms with E-state index >= 15 is 0 Å². The number of piperazine rings is 1. The Bertz CT molecular complexity index is 1070. The molecule has 4 heterocycles. The lowest BCUT2D eigenvalue weighted by Crippen LogP contribution is -2.55. The number of carbonyl (C=O) groups excluding carboxylic acids is 1. The molecule has 1 amide bonds. The summed E-state index contributed by atoms with van der Waals surface area (Å²) in [5.74, 6) is 0.605. The van der Waals surface area contributed by atoms with E-state index in [2.05, 4.69) is 32.0 Å². The number of thiazole rings is 1. The van der Waals surface area contributed by atoms with E-state index in [0.717, 1.165) is 28.3 Å². The molecule has 1 aliphatic rings. The van der Waals surface area contributed by atoms with Crippen LogP contribution < -0.4 is 5.32 Å². The van der Waals surface area contributed by atoms with Crippen LogP contribution in [0.5, 0.6) is 0 Å². The van der Waals surface area contributed by atoms with Crippen molar-refractivity contribution in [3.8, 4) is 9.88 Å². The van der Waals surface area contributed by atoms with Gasteiger partial charge in [-0.25, -0.2) is 9.97 Å². The van der Waals surface area contributed by atoms with Crippen LogP contribution in [0, 0.1) is 0 Å². The molecular weight excluding hydrogens is 392 g/mol. The fourth-order valence-corrected chi connectivity index (χ4v) is 5.07. The highest BCUT2D eigenvalue weighted by molar-refractivity contribution is 7.20. The van der Waals surface area contributed by atoms with Crippen LogP contribution in [0.1, 0.15) is 11.6 Å². The van der Waals surface area contributed by atoms with E-state index in [1.54, 1.807) is 22.7 Å². The molecule has 1 saturated heterocycles. The molecule has 3 aromatic heterocycles. The average molecular weight is 411 g/mol. The van der Waals surface area contributed by atoms with Crippen LogP contribution in [0.4, 0.5) is 0 Å². The monoisotopic (exact) mass is 410 g/mol. The molecular formula is C20H18N4O2S2. The molecule has 4 aromatic rings. The number of benzene rings is 1. The predicted molar refractivity (Wildman–Crippen MR) is 110 cm³/mol. The minimum absolute atomic E-state index is 0.0159. The lowest BCUT2D eigenvalue weighted by atomic mass is 10.1. The van der Waals surface area contributed by atoms with Crippen LogP contribution in [-0.2, 0) is 17.8 Å². The Hall–Kier alpha value is -2.55. The molecule has 1 atom stereocenters. The smallest absolute Gasteiger partial charge is 0.237 e. The second kappa shape index (κ2) is 7.46. The van der Waals surface area contributed by atoms with Gasteiger partial charge in [-0.3, -0.25) is 9.69 Å². The van der Waals surface area contributed by atoms with Crippen molar-refractivity contribution in [2.75, 3.05) is 13.1 Å². The first-order valence-electron chi connectivity index (χ1n) is 9.11. The molecule has 1 aliphatic heterocycles. The molecule has 142 valence electrons. The molecule has 1 fully saturated rings. The summed E-state index contributed by atoms with van der Waals surface area (Å²) < 4.78 is 5.84. The van der Waals surface area contributed by atoms with Gasteiger partial charge < -0.3 is 9.73 Å². The first-order valence-corrected chi connectivity index (χ1v) is 10.9. The van der Waals surface area contributed by atoms with Gasteiger partial charge in [0.15, 0.2) is 11.5 Å². The third-order valence-electron chi connectivity index (χ3n) is 4.80. The van der Waals surface area contributed by atoms with Gasteiger partial charge in [0, 0.05) is 31.4 Å². The maximum Gasteiger partial charge on any atom is 0.237 e. The van der Waals surface area contributed by atoms with Gasteiger partial charge in [-0.15, -0.1) is 22.7 Å².